The van der Waals surface area contributed by atoms with Crippen molar-refractivity contribution in [3.8, 4) is 11.5 Å². The van der Waals surface area contributed by atoms with Gasteiger partial charge in [0.1, 0.15) is 11.4 Å². The highest BCUT2D eigenvalue weighted by atomic mass is 32.1. The smallest absolute Gasteiger partial charge is 0.272 e. The van der Waals surface area contributed by atoms with Crippen molar-refractivity contribution in [2.45, 2.75) is 20.4 Å². The van der Waals surface area contributed by atoms with Gasteiger partial charge >= 0.3 is 0 Å². The first kappa shape index (κ1) is 21.0. The highest BCUT2D eigenvalue weighted by Crippen LogP contribution is 2.36. The zero-order chi connectivity index (χ0) is 21.8. The lowest BCUT2D eigenvalue weighted by Crippen LogP contribution is -2.21. The maximum atomic E-state index is 14.7. The summed E-state index contributed by atoms with van der Waals surface area (Å²) < 4.78 is 21.5. The molecule has 0 bridgehead atoms. The fourth-order valence-corrected chi connectivity index (χ4v) is 4.35. The number of halogens is 1. The third kappa shape index (κ3) is 4.76. The molecular formula is C23H23FN4O2S. The third-order valence-corrected chi connectivity index (χ3v) is 6.08. The number of aromatic nitrogens is 2. The molecule has 0 aliphatic heterocycles. The Kier molecular flexibility index (Phi) is 6.29. The zero-order valence-corrected chi connectivity index (χ0v) is 18.1. The van der Waals surface area contributed by atoms with Crippen molar-refractivity contribution in [1.82, 2.24) is 14.9 Å². The molecule has 0 spiro atoms. The molecule has 4 rings (SSSR count). The average molecular weight is 439 g/mol. The van der Waals surface area contributed by atoms with Crippen LogP contribution in [0.1, 0.15) is 29.2 Å². The average Bonchev–Trinajstić information content (AvgIpc) is 3.44. The molecule has 160 valence electrons. The molecule has 0 saturated carbocycles. The van der Waals surface area contributed by atoms with Gasteiger partial charge in [0, 0.05) is 41.6 Å². The number of ether oxygens (including phenoxy) is 1. The van der Waals surface area contributed by atoms with Gasteiger partial charge in [0.25, 0.3) is 5.91 Å². The van der Waals surface area contributed by atoms with Crippen molar-refractivity contribution in [2.75, 3.05) is 18.4 Å². The molecular weight excluding hydrogens is 415 g/mol. The van der Waals surface area contributed by atoms with Gasteiger partial charge in [-0.1, -0.05) is 13.8 Å². The van der Waals surface area contributed by atoms with E-state index in [4.69, 9.17) is 4.74 Å². The van der Waals surface area contributed by atoms with Crippen molar-refractivity contribution >= 4 is 33.1 Å². The second kappa shape index (κ2) is 9.28. The minimum Gasteiger partial charge on any atom is -0.453 e. The first-order valence-electron chi connectivity index (χ1n) is 10.1. The number of hydrogen-bond donors (Lipinski definition) is 2. The molecule has 3 aromatic heterocycles. The number of carbonyl (C=O) groups excluding carboxylic acids is 1. The van der Waals surface area contributed by atoms with Crippen molar-refractivity contribution in [1.29, 1.82) is 0 Å². The van der Waals surface area contributed by atoms with E-state index in [1.165, 1.54) is 17.0 Å². The van der Waals surface area contributed by atoms with Crippen LogP contribution in [-0.4, -0.2) is 33.9 Å². The zero-order valence-electron chi connectivity index (χ0n) is 17.3. The van der Waals surface area contributed by atoms with Gasteiger partial charge < -0.3 is 15.0 Å². The van der Waals surface area contributed by atoms with E-state index in [1.54, 1.807) is 48.0 Å². The van der Waals surface area contributed by atoms with Crippen molar-refractivity contribution in [3.63, 3.8) is 0 Å². The summed E-state index contributed by atoms with van der Waals surface area (Å²) in [5.41, 5.74) is 1.58. The predicted octanol–water partition coefficient (Wildman–Crippen LogP) is 5.65. The highest BCUT2D eigenvalue weighted by molar-refractivity contribution is 7.19. The van der Waals surface area contributed by atoms with E-state index in [2.05, 4.69) is 40.1 Å². The molecule has 1 aromatic carbocycles. The van der Waals surface area contributed by atoms with Crippen molar-refractivity contribution < 1.29 is 13.9 Å². The Bertz CT molecular complexity index is 1190. The minimum atomic E-state index is -0.561. The van der Waals surface area contributed by atoms with Gasteiger partial charge in [-0.15, -0.1) is 11.3 Å². The Morgan fingerprint density at radius 3 is 2.74 bits per heavy atom. The summed E-state index contributed by atoms with van der Waals surface area (Å²) >= 11 is 1.61. The normalized spacial score (nSPS) is 11.2. The van der Waals surface area contributed by atoms with E-state index in [0.29, 0.717) is 17.1 Å². The molecule has 0 aliphatic rings. The first-order valence-corrected chi connectivity index (χ1v) is 10.9. The van der Waals surface area contributed by atoms with Crippen LogP contribution in [0.5, 0.6) is 11.5 Å². The molecule has 0 unspecified atom stereocenters. The first-order chi connectivity index (χ1) is 15.1. The van der Waals surface area contributed by atoms with Gasteiger partial charge in [0.2, 0.25) is 0 Å². The fourth-order valence-electron chi connectivity index (χ4n) is 3.24. The van der Waals surface area contributed by atoms with E-state index < -0.39 is 5.82 Å². The van der Waals surface area contributed by atoms with Crippen LogP contribution in [0, 0.1) is 5.82 Å². The topological polar surface area (TPSA) is 70.2 Å². The van der Waals surface area contributed by atoms with Crippen LogP contribution < -0.4 is 10.1 Å². The summed E-state index contributed by atoms with van der Waals surface area (Å²) in [5, 5.41) is 2.66. The molecule has 0 aliphatic carbocycles. The van der Waals surface area contributed by atoms with E-state index in [9.17, 15) is 9.18 Å². The van der Waals surface area contributed by atoms with Crippen LogP contribution in [-0.2, 0) is 6.54 Å². The number of aromatic amines is 1. The molecule has 6 nitrogen and oxygen atoms in total. The van der Waals surface area contributed by atoms with Crippen molar-refractivity contribution in [3.05, 3.63) is 71.2 Å². The van der Waals surface area contributed by atoms with E-state index in [-0.39, 0.29) is 11.7 Å². The number of nitrogens with one attached hydrogen (secondary N) is 2. The van der Waals surface area contributed by atoms with Crippen LogP contribution in [0.25, 0.3) is 10.2 Å². The molecule has 0 saturated heterocycles. The fraction of sp³-hybridized carbons (Fsp3) is 0.217. The lowest BCUT2D eigenvalue weighted by Gasteiger charge is -2.16. The number of pyridine rings is 1. The predicted molar refractivity (Wildman–Crippen MR) is 121 cm³/mol. The monoisotopic (exact) mass is 438 g/mol. The second-order valence-electron chi connectivity index (χ2n) is 6.98. The number of anilines is 1. The van der Waals surface area contributed by atoms with E-state index in [0.717, 1.165) is 29.9 Å². The molecule has 0 radical (unpaired) electrons. The maximum Gasteiger partial charge on any atom is 0.272 e. The van der Waals surface area contributed by atoms with E-state index >= 15 is 0 Å². The van der Waals surface area contributed by atoms with Gasteiger partial charge in [-0.3, -0.25) is 14.7 Å². The Morgan fingerprint density at radius 2 is 2.03 bits per heavy atom. The van der Waals surface area contributed by atoms with E-state index in [1.807, 2.05) is 0 Å². The van der Waals surface area contributed by atoms with Gasteiger partial charge in [-0.2, -0.15) is 0 Å². The van der Waals surface area contributed by atoms with Gasteiger partial charge in [-0.25, -0.2) is 4.39 Å². The standard InChI is InChI=1S/C23H23FN4O2S/c1-3-28(4-2)14-16-13-19-22(31-16)21(9-11-26-19)30-20-8-7-15(12-17(20)24)27-23(29)18-6-5-10-25-18/h5-13,25H,3-4,14H2,1-2H3,(H,27,29). The number of thiophene rings is 1. The van der Waals surface area contributed by atoms with Crippen LogP contribution in [0.4, 0.5) is 10.1 Å². The third-order valence-electron chi connectivity index (χ3n) is 4.95. The molecule has 2 N–H and O–H groups in total. The number of nitrogens with zero attached hydrogens (tertiary/aromatic N) is 2. The molecule has 1 amide bonds. The summed E-state index contributed by atoms with van der Waals surface area (Å²) in [6, 6.07) is 11.5. The maximum absolute atomic E-state index is 14.7. The Balaban J connectivity index is 1.53. The highest BCUT2D eigenvalue weighted by Gasteiger charge is 2.14. The Morgan fingerprint density at radius 1 is 1.19 bits per heavy atom. The van der Waals surface area contributed by atoms with Crippen molar-refractivity contribution in [2.24, 2.45) is 0 Å². The summed E-state index contributed by atoms with van der Waals surface area (Å²) in [5.74, 6) is -0.255. The lowest BCUT2D eigenvalue weighted by molar-refractivity contribution is 0.102. The Hall–Kier alpha value is -3.23. The number of rotatable bonds is 8. The number of amides is 1. The number of benzene rings is 1. The summed E-state index contributed by atoms with van der Waals surface area (Å²) in [4.78, 5) is 22.9. The minimum absolute atomic E-state index is 0.0871. The van der Waals surface area contributed by atoms with Gasteiger partial charge in [-0.05, 0) is 43.4 Å². The van der Waals surface area contributed by atoms with Crippen LogP contribution in [0.3, 0.4) is 0 Å². The summed E-state index contributed by atoms with van der Waals surface area (Å²) in [7, 11) is 0. The number of hydrogen-bond acceptors (Lipinski definition) is 5. The molecule has 8 heteroatoms. The number of carbonyl (C=O) groups is 1. The quantitative estimate of drug-likeness (QED) is 0.373. The van der Waals surface area contributed by atoms with Gasteiger partial charge in [0.05, 0.1) is 10.2 Å². The largest absolute Gasteiger partial charge is 0.453 e. The molecule has 0 atom stereocenters. The van der Waals surface area contributed by atoms with Crippen LogP contribution in [0.2, 0.25) is 0 Å². The molecule has 31 heavy (non-hydrogen) atoms. The molecule has 3 heterocycles. The molecule has 0 fully saturated rings. The number of H-pyrrole nitrogens is 1. The lowest BCUT2D eigenvalue weighted by atomic mass is 10.2. The summed E-state index contributed by atoms with van der Waals surface area (Å²) in [6.07, 6.45) is 3.31. The number of fused-ring (bicyclic) bond motifs is 1. The SMILES string of the molecule is CCN(CC)Cc1cc2nccc(Oc3ccc(NC(=O)c4ccc[nH]4)cc3F)c2s1. The van der Waals surface area contributed by atoms with Crippen LogP contribution in [0.15, 0.2) is 54.9 Å². The molecule has 4 aromatic rings. The van der Waals surface area contributed by atoms with Gasteiger partial charge in [0.15, 0.2) is 11.6 Å². The summed E-state index contributed by atoms with van der Waals surface area (Å²) in [6.45, 7) is 7.06. The Labute approximate surface area is 183 Å². The van der Waals surface area contributed by atoms with Crippen LogP contribution >= 0.6 is 11.3 Å². The second-order valence-corrected chi connectivity index (χ2v) is 8.12.